The molecule has 0 spiro atoms. The highest BCUT2D eigenvalue weighted by Crippen LogP contribution is 2.40. The largest absolute Gasteiger partial charge is 0.504 e. The summed E-state index contributed by atoms with van der Waals surface area (Å²) in [6.07, 6.45) is 11.4. The number of phenolic OH excluding ortho intramolecular Hbond substituents is 1. The lowest BCUT2D eigenvalue weighted by Crippen LogP contribution is -2.02. The number of carbonyl (C=O) groups is 2. The molecule has 29 heavy (non-hydrogen) atoms. The van der Waals surface area contributed by atoms with Gasteiger partial charge in [0.05, 0.1) is 12.7 Å². The smallest absolute Gasteiger partial charge is 0.204 e. The van der Waals surface area contributed by atoms with E-state index < -0.39 is 0 Å². The van der Waals surface area contributed by atoms with E-state index in [1.807, 2.05) is 13.0 Å². The Labute approximate surface area is 173 Å². The molecule has 0 fully saturated rings. The van der Waals surface area contributed by atoms with E-state index in [1.165, 1.54) is 24.3 Å². The van der Waals surface area contributed by atoms with E-state index in [0.29, 0.717) is 12.6 Å². The number of benzene rings is 1. The topological polar surface area (TPSA) is 72.8 Å². The summed E-state index contributed by atoms with van der Waals surface area (Å²) in [5.41, 5.74) is 3.85. The van der Waals surface area contributed by atoms with Gasteiger partial charge in [0.2, 0.25) is 5.75 Å². The Kier molecular flexibility index (Phi) is 10.5. The zero-order valence-electron chi connectivity index (χ0n) is 18.1. The molecule has 5 heteroatoms. The average molecular weight is 401 g/mol. The molecule has 1 N–H and O–H groups in total. The number of hydrogen-bond donors (Lipinski definition) is 1. The van der Waals surface area contributed by atoms with Gasteiger partial charge in [-0.1, -0.05) is 28.9 Å². The summed E-state index contributed by atoms with van der Waals surface area (Å²) < 4.78 is 10.8. The highest BCUT2D eigenvalue weighted by molar-refractivity contribution is 5.95. The lowest BCUT2D eigenvalue weighted by Gasteiger charge is -2.14. The van der Waals surface area contributed by atoms with Crippen molar-refractivity contribution in [1.82, 2.24) is 0 Å². The van der Waals surface area contributed by atoms with Crippen molar-refractivity contribution in [2.45, 2.75) is 53.4 Å². The molecule has 0 amide bonds. The molecule has 0 aromatic heterocycles. The monoisotopic (exact) mass is 400 g/mol. The predicted octanol–water partition coefficient (Wildman–Crippen LogP) is 5.82. The highest BCUT2D eigenvalue weighted by Gasteiger charge is 2.19. The number of ether oxygens (including phenoxy) is 2. The van der Waals surface area contributed by atoms with Gasteiger partial charge in [-0.25, -0.2) is 0 Å². The zero-order valence-corrected chi connectivity index (χ0v) is 18.1. The average Bonchev–Trinajstić information content (AvgIpc) is 2.68. The first-order valence-corrected chi connectivity index (χ1v) is 9.75. The molecule has 158 valence electrons. The number of carbonyl (C=O) groups excluding carboxylic acids is 2. The fourth-order valence-corrected chi connectivity index (χ4v) is 2.78. The molecule has 0 radical (unpaired) electrons. The van der Waals surface area contributed by atoms with E-state index in [0.717, 1.165) is 31.3 Å². The van der Waals surface area contributed by atoms with E-state index in [1.54, 1.807) is 0 Å². The normalized spacial score (nSPS) is 11.8. The first-order chi connectivity index (χ1) is 13.8. The number of hydrogen-bond acceptors (Lipinski definition) is 5. The zero-order chi connectivity index (χ0) is 21.8. The summed E-state index contributed by atoms with van der Waals surface area (Å²) in [5.74, 6) is -0.127. The fraction of sp³-hybridized carbons (Fsp3) is 0.417. The third kappa shape index (κ3) is 7.98. The molecule has 0 saturated carbocycles. The number of phenols is 1. The molecule has 5 nitrogen and oxygen atoms in total. The van der Waals surface area contributed by atoms with Crippen molar-refractivity contribution < 1.29 is 24.2 Å². The molecule has 0 atom stereocenters. The highest BCUT2D eigenvalue weighted by atomic mass is 16.5. The first-order valence-electron chi connectivity index (χ1n) is 9.75. The number of aromatic hydroxyl groups is 1. The molecule has 1 aromatic rings. The van der Waals surface area contributed by atoms with Gasteiger partial charge >= 0.3 is 0 Å². The van der Waals surface area contributed by atoms with Crippen molar-refractivity contribution in [3.8, 4) is 17.2 Å². The van der Waals surface area contributed by atoms with E-state index in [4.69, 9.17) is 9.47 Å². The predicted molar refractivity (Wildman–Crippen MR) is 116 cm³/mol. The minimum absolute atomic E-state index is 0.0549. The van der Waals surface area contributed by atoms with Crippen molar-refractivity contribution in [2.75, 3.05) is 13.7 Å². The van der Waals surface area contributed by atoms with Crippen LogP contribution < -0.4 is 9.47 Å². The maximum absolute atomic E-state index is 11.2. The maximum atomic E-state index is 11.2. The third-order valence-corrected chi connectivity index (χ3v) is 4.54. The van der Waals surface area contributed by atoms with Gasteiger partial charge in [0.15, 0.2) is 24.1 Å². The second-order valence-electron chi connectivity index (χ2n) is 7.27. The molecule has 0 unspecified atom stereocenters. The molecule has 0 aliphatic carbocycles. The van der Waals surface area contributed by atoms with Gasteiger partial charge in [-0.3, -0.25) is 9.59 Å². The van der Waals surface area contributed by atoms with Crippen molar-refractivity contribution in [1.29, 1.82) is 0 Å². The summed E-state index contributed by atoms with van der Waals surface area (Å²) in [6.45, 7) is 8.63. The lowest BCUT2D eigenvalue weighted by atomic mass is 10.1. The molecule has 0 aliphatic heterocycles. The molecule has 0 saturated heterocycles. The van der Waals surface area contributed by atoms with Gasteiger partial charge in [0.25, 0.3) is 0 Å². The van der Waals surface area contributed by atoms with Crippen LogP contribution in [0.2, 0.25) is 0 Å². The Hall–Kier alpha value is -2.82. The molecule has 0 heterocycles. The molecular formula is C24H32O5. The minimum Gasteiger partial charge on any atom is -0.504 e. The van der Waals surface area contributed by atoms with Crippen LogP contribution in [0.5, 0.6) is 17.2 Å². The Balaban J connectivity index is 2.67. The first kappa shape index (κ1) is 24.2. The van der Waals surface area contributed by atoms with Crippen molar-refractivity contribution >= 4 is 12.6 Å². The van der Waals surface area contributed by atoms with Gasteiger partial charge < -0.3 is 14.6 Å². The Bertz CT molecular complexity index is 796. The number of aldehydes is 2. The van der Waals surface area contributed by atoms with Gasteiger partial charge in [0.1, 0.15) is 6.61 Å². The van der Waals surface area contributed by atoms with E-state index in [2.05, 4.69) is 32.9 Å². The second kappa shape index (κ2) is 12.6. The van der Waals surface area contributed by atoms with Crippen molar-refractivity contribution in [3.05, 3.63) is 52.1 Å². The number of rotatable bonds is 12. The third-order valence-electron chi connectivity index (χ3n) is 4.54. The summed E-state index contributed by atoms with van der Waals surface area (Å²) in [4.78, 5) is 22.3. The van der Waals surface area contributed by atoms with Crippen LogP contribution in [0.25, 0.3) is 0 Å². The van der Waals surface area contributed by atoms with Crippen molar-refractivity contribution in [3.63, 3.8) is 0 Å². The van der Waals surface area contributed by atoms with Crippen LogP contribution in [0.3, 0.4) is 0 Å². The van der Waals surface area contributed by atoms with E-state index >= 15 is 0 Å². The quantitative estimate of drug-likeness (QED) is 0.353. The van der Waals surface area contributed by atoms with Gasteiger partial charge in [0, 0.05) is 5.56 Å². The van der Waals surface area contributed by atoms with E-state index in [9.17, 15) is 14.7 Å². The van der Waals surface area contributed by atoms with Crippen LogP contribution >= 0.6 is 0 Å². The lowest BCUT2D eigenvalue weighted by molar-refractivity contribution is 0.109. The molecule has 0 aliphatic rings. The summed E-state index contributed by atoms with van der Waals surface area (Å²) in [5, 5.41) is 10.3. The maximum Gasteiger partial charge on any atom is 0.204 e. The van der Waals surface area contributed by atoms with Gasteiger partial charge in [-0.2, -0.15) is 0 Å². The van der Waals surface area contributed by atoms with Gasteiger partial charge in [-0.15, -0.1) is 0 Å². The van der Waals surface area contributed by atoms with Crippen LogP contribution in [-0.4, -0.2) is 31.4 Å². The van der Waals surface area contributed by atoms with Crippen LogP contribution in [0.15, 0.2) is 41.0 Å². The Morgan fingerprint density at radius 1 is 0.966 bits per heavy atom. The van der Waals surface area contributed by atoms with Crippen LogP contribution in [-0.2, 0) is 0 Å². The standard InChI is InChI=1S/C24H32O5/c1-17(2)8-6-9-18(3)10-7-11-19(4)12-13-29-24-22(28-5)14-20(15-25)21(16-26)23(24)27/h8,10,12,14-16,27H,6-7,9,11,13H2,1-5H3. The summed E-state index contributed by atoms with van der Waals surface area (Å²) in [7, 11) is 1.41. The molecular weight excluding hydrogens is 368 g/mol. The SMILES string of the molecule is COc1cc(C=O)c(C=O)c(O)c1OCC=C(C)CCC=C(C)CCC=C(C)C. The number of methoxy groups -OCH3 is 1. The number of allylic oxidation sites excluding steroid dienone is 5. The van der Waals surface area contributed by atoms with Gasteiger partial charge in [-0.05, 0) is 65.5 Å². The van der Waals surface area contributed by atoms with Crippen LogP contribution in [0.1, 0.15) is 74.1 Å². The van der Waals surface area contributed by atoms with E-state index in [-0.39, 0.29) is 35.0 Å². The Morgan fingerprint density at radius 2 is 1.59 bits per heavy atom. The molecule has 1 aromatic carbocycles. The minimum atomic E-state index is -0.387. The summed E-state index contributed by atoms with van der Waals surface area (Å²) >= 11 is 0. The second-order valence-corrected chi connectivity index (χ2v) is 7.27. The Morgan fingerprint density at radius 3 is 2.14 bits per heavy atom. The molecule has 0 bridgehead atoms. The summed E-state index contributed by atoms with van der Waals surface area (Å²) in [6, 6.07) is 1.38. The fourth-order valence-electron chi connectivity index (χ4n) is 2.78. The van der Waals surface area contributed by atoms with Crippen LogP contribution in [0, 0.1) is 0 Å². The van der Waals surface area contributed by atoms with Crippen LogP contribution in [0.4, 0.5) is 0 Å². The van der Waals surface area contributed by atoms with Crippen molar-refractivity contribution in [2.24, 2.45) is 0 Å². The molecule has 1 rings (SSSR count).